The fourth-order valence-corrected chi connectivity index (χ4v) is 1.96. The molecule has 1 aromatic carbocycles. The Kier molecular flexibility index (Phi) is 2.62. The molecule has 0 fully saturated rings. The third-order valence-electron chi connectivity index (χ3n) is 2.15. The molecule has 4 nitrogen and oxygen atoms in total. The normalized spacial score (nSPS) is 15.6. The highest BCUT2D eigenvalue weighted by atomic mass is 79.9. The average Bonchev–Trinajstić information content (AvgIpc) is 2.62. The first kappa shape index (κ1) is 9.76. The van der Waals surface area contributed by atoms with Crippen molar-refractivity contribution in [2.24, 2.45) is 11.5 Å². The van der Waals surface area contributed by atoms with Gasteiger partial charge in [0.2, 0.25) is 6.79 Å². The molecule has 1 heterocycles. The van der Waals surface area contributed by atoms with Gasteiger partial charge < -0.3 is 20.9 Å². The van der Waals surface area contributed by atoms with Crippen molar-refractivity contribution in [3.63, 3.8) is 0 Å². The summed E-state index contributed by atoms with van der Waals surface area (Å²) in [5.41, 5.74) is 12.3. The number of benzene rings is 1. The lowest BCUT2D eigenvalue weighted by atomic mass is 10.1. The highest BCUT2D eigenvalue weighted by Crippen LogP contribution is 2.38. The number of rotatable bonds is 2. The van der Waals surface area contributed by atoms with E-state index in [2.05, 4.69) is 15.9 Å². The molecule has 0 saturated heterocycles. The minimum Gasteiger partial charge on any atom is -0.454 e. The van der Waals surface area contributed by atoms with Gasteiger partial charge in [-0.15, -0.1) is 0 Å². The molecule has 0 saturated carbocycles. The van der Waals surface area contributed by atoms with Crippen molar-refractivity contribution in [2.45, 2.75) is 6.04 Å². The van der Waals surface area contributed by atoms with Crippen LogP contribution < -0.4 is 20.9 Å². The minimum atomic E-state index is -0.182. The molecule has 0 aliphatic carbocycles. The van der Waals surface area contributed by atoms with Crippen LogP contribution in [0.25, 0.3) is 0 Å². The van der Waals surface area contributed by atoms with Crippen molar-refractivity contribution < 1.29 is 9.47 Å². The lowest BCUT2D eigenvalue weighted by Gasteiger charge is -2.12. The summed E-state index contributed by atoms with van der Waals surface area (Å²) < 4.78 is 11.4. The molecule has 0 aromatic heterocycles. The van der Waals surface area contributed by atoms with Crippen LogP contribution in [0.2, 0.25) is 0 Å². The average molecular weight is 259 g/mol. The summed E-state index contributed by atoms with van der Waals surface area (Å²) in [6.07, 6.45) is 0. The first-order valence-electron chi connectivity index (χ1n) is 4.27. The molecule has 0 unspecified atom stereocenters. The molecule has 5 heteroatoms. The molecule has 0 amide bonds. The number of hydrogen-bond donors (Lipinski definition) is 2. The highest BCUT2D eigenvalue weighted by Gasteiger charge is 2.18. The molecule has 0 bridgehead atoms. The Hall–Kier alpha value is -0.780. The molecule has 76 valence electrons. The summed E-state index contributed by atoms with van der Waals surface area (Å²) >= 11 is 3.42. The quantitative estimate of drug-likeness (QED) is 0.835. The van der Waals surface area contributed by atoms with Gasteiger partial charge in [-0.3, -0.25) is 0 Å². The zero-order valence-electron chi connectivity index (χ0n) is 7.50. The molecular formula is C9H11BrN2O2. The second-order valence-corrected chi connectivity index (χ2v) is 3.92. The predicted molar refractivity (Wildman–Crippen MR) is 56.2 cm³/mol. The summed E-state index contributed by atoms with van der Waals surface area (Å²) in [6.45, 7) is 0.668. The maximum atomic E-state index is 5.84. The molecule has 2 rings (SSSR count). The molecule has 0 radical (unpaired) electrons. The summed E-state index contributed by atoms with van der Waals surface area (Å²) in [5, 5.41) is 0. The Morgan fingerprint density at radius 2 is 2.00 bits per heavy atom. The van der Waals surface area contributed by atoms with Crippen molar-refractivity contribution in [1.29, 1.82) is 0 Å². The number of fused-ring (bicyclic) bond motifs is 1. The van der Waals surface area contributed by atoms with E-state index in [1.807, 2.05) is 12.1 Å². The van der Waals surface area contributed by atoms with Crippen LogP contribution in [0.3, 0.4) is 0 Å². The van der Waals surface area contributed by atoms with E-state index in [9.17, 15) is 0 Å². The van der Waals surface area contributed by atoms with Crippen LogP contribution >= 0.6 is 15.9 Å². The van der Waals surface area contributed by atoms with Crippen molar-refractivity contribution >= 4 is 15.9 Å². The fraction of sp³-hybridized carbons (Fsp3) is 0.333. The third kappa shape index (κ3) is 1.58. The summed E-state index contributed by atoms with van der Waals surface area (Å²) in [4.78, 5) is 0. The van der Waals surface area contributed by atoms with Crippen LogP contribution in [0, 0.1) is 0 Å². The Labute approximate surface area is 90.3 Å². The van der Waals surface area contributed by atoms with Crippen molar-refractivity contribution in [2.75, 3.05) is 13.3 Å². The third-order valence-corrected chi connectivity index (χ3v) is 2.83. The van der Waals surface area contributed by atoms with Crippen LogP contribution in [0.5, 0.6) is 11.5 Å². The van der Waals surface area contributed by atoms with Crippen molar-refractivity contribution in [3.8, 4) is 11.5 Å². The second kappa shape index (κ2) is 3.76. The van der Waals surface area contributed by atoms with Crippen LogP contribution in [0.15, 0.2) is 16.6 Å². The van der Waals surface area contributed by atoms with Gasteiger partial charge in [-0.25, -0.2) is 0 Å². The van der Waals surface area contributed by atoms with Gasteiger partial charge in [0, 0.05) is 17.1 Å². The molecule has 1 aromatic rings. The van der Waals surface area contributed by atoms with E-state index in [0.29, 0.717) is 6.54 Å². The summed E-state index contributed by atoms with van der Waals surface area (Å²) in [5.74, 6) is 1.47. The minimum absolute atomic E-state index is 0.182. The molecule has 1 atom stereocenters. The smallest absolute Gasteiger partial charge is 0.231 e. The van der Waals surface area contributed by atoms with Gasteiger partial charge in [-0.2, -0.15) is 0 Å². The number of halogens is 1. The van der Waals surface area contributed by atoms with E-state index < -0.39 is 0 Å². The molecule has 14 heavy (non-hydrogen) atoms. The second-order valence-electron chi connectivity index (χ2n) is 3.07. The topological polar surface area (TPSA) is 70.5 Å². The van der Waals surface area contributed by atoms with Crippen molar-refractivity contribution in [3.05, 3.63) is 22.2 Å². The molecular weight excluding hydrogens is 248 g/mol. The Morgan fingerprint density at radius 1 is 1.36 bits per heavy atom. The maximum Gasteiger partial charge on any atom is 0.231 e. The van der Waals surface area contributed by atoms with Gasteiger partial charge in [-0.1, -0.05) is 15.9 Å². The number of ether oxygens (including phenoxy) is 2. The Morgan fingerprint density at radius 3 is 2.64 bits per heavy atom. The molecule has 4 N–H and O–H groups in total. The Bertz CT molecular complexity index is 357. The molecule has 0 spiro atoms. The van der Waals surface area contributed by atoms with Crippen LogP contribution in [0.4, 0.5) is 0 Å². The predicted octanol–water partition coefficient (Wildman–Crippen LogP) is 1.14. The van der Waals surface area contributed by atoms with Crippen LogP contribution in [-0.2, 0) is 0 Å². The number of hydrogen-bond acceptors (Lipinski definition) is 4. The summed E-state index contributed by atoms with van der Waals surface area (Å²) in [6, 6.07) is 3.54. The van der Waals surface area contributed by atoms with E-state index in [0.717, 1.165) is 21.5 Å². The monoisotopic (exact) mass is 258 g/mol. The summed E-state index contributed by atoms with van der Waals surface area (Å²) in [7, 11) is 0. The van der Waals surface area contributed by atoms with E-state index in [-0.39, 0.29) is 12.8 Å². The van der Waals surface area contributed by atoms with Gasteiger partial charge in [-0.05, 0) is 17.7 Å². The Balaban J connectivity index is 2.42. The SMILES string of the molecule is NC[C@H](N)c1cc2c(cc1Br)OCO2. The van der Waals surface area contributed by atoms with Gasteiger partial charge in [0.15, 0.2) is 11.5 Å². The fourth-order valence-electron chi connectivity index (χ4n) is 1.34. The maximum absolute atomic E-state index is 5.84. The molecule has 1 aliphatic rings. The van der Waals surface area contributed by atoms with Crippen LogP contribution in [0.1, 0.15) is 11.6 Å². The van der Waals surface area contributed by atoms with Crippen molar-refractivity contribution in [1.82, 2.24) is 0 Å². The van der Waals surface area contributed by atoms with Gasteiger partial charge in [0.05, 0.1) is 0 Å². The van der Waals surface area contributed by atoms with Gasteiger partial charge in [0.1, 0.15) is 0 Å². The largest absolute Gasteiger partial charge is 0.454 e. The first-order valence-corrected chi connectivity index (χ1v) is 5.06. The lowest BCUT2D eigenvalue weighted by Crippen LogP contribution is -2.21. The lowest BCUT2D eigenvalue weighted by molar-refractivity contribution is 0.174. The van der Waals surface area contributed by atoms with Gasteiger partial charge in [0.25, 0.3) is 0 Å². The van der Waals surface area contributed by atoms with E-state index in [1.165, 1.54) is 0 Å². The first-order chi connectivity index (χ1) is 6.72. The van der Waals surface area contributed by atoms with E-state index in [4.69, 9.17) is 20.9 Å². The number of nitrogens with two attached hydrogens (primary N) is 2. The molecule has 1 aliphatic heterocycles. The zero-order valence-corrected chi connectivity index (χ0v) is 9.08. The van der Waals surface area contributed by atoms with Gasteiger partial charge >= 0.3 is 0 Å². The zero-order chi connectivity index (χ0) is 10.1. The standard InChI is InChI=1S/C9H11BrN2O2/c10-6-2-9-8(13-4-14-9)1-5(6)7(12)3-11/h1-2,7H,3-4,11-12H2/t7-/m0/s1. The van der Waals surface area contributed by atoms with E-state index in [1.54, 1.807) is 0 Å². The van der Waals surface area contributed by atoms with E-state index >= 15 is 0 Å². The highest BCUT2D eigenvalue weighted by molar-refractivity contribution is 9.10. The van der Waals surface area contributed by atoms with Crippen LogP contribution in [-0.4, -0.2) is 13.3 Å².